The second kappa shape index (κ2) is 7.40. The minimum absolute atomic E-state index is 0.0218. The molecule has 0 radical (unpaired) electrons. The van der Waals surface area contributed by atoms with E-state index in [0.29, 0.717) is 17.0 Å². The van der Waals surface area contributed by atoms with Gasteiger partial charge in [-0.2, -0.15) is 0 Å². The van der Waals surface area contributed by atoms with E-state index in [4.69, 9.17) is 0 Å². The molecule has 0 saturated heterocycles. The molecule has 6 heteroatoms. The van der Waals surface area contributed by atoms with E-state index >= 15 is 0 Å². The van der Waals surface area contributed by atoms with Crippen molar-refractivity contribution in [3.8, 4) is 0 Å². The van der Waals surface area contributed by atoms with Crippen LogP contribution in [0.4, 0.5) is 5.69 Å². The summed E-state index contributed by atoms with van der Waals surface area (Å²) < 4.78 is 24.2. The summed E-state index contributed by atoms with van der Waals surface area (Å²) in [5.41, 5.74) is 3.49. The lowest BCUT2D eigenvalue weighted by atomic mass is 10.1. The highest BCUT2D eigenvalue weighted by atomic mass is 32.2. The van der Waals surface area contributed by atoms with Gasteiger partial charge in [-0.25, -0.2) is 8.42 Å². The van der Waals surface area contributed by atoms with Gasteiger partial charge in [0.25, 0.3) is 0 Å². The van der Waals surface area contributed by atoms with E-state index in [1.165, 1.54) is 28.7 Å². The molecule has 0 unspecified atom stereocenters. The van der Waals surface area contributed by atoms with Crippen molar-refractivity contribution in [2.24, 2.45) is 0 Å². The molecule has 0 atom stereocenters. The van der Waals surface area contributed by atoms with Crippen LogP contribution in [0.25, 0.3) is 0 Å². The Morgan fingerprint density at radius 3 is 2.25 bits per heavy atom. The van der Waals surface area contributed by atoms with E-state index in [1.807, 2.05) is 26.0 Å². The van der Waals surface area contributed by atoms with Gasteiger partial charge < -0.3 is 0 Å². The lowest BCUT2D eigenvalue weighted by molar-refractivity contribution is 0.102. The van der Waals surface area contributed by atoms with E-state index < -0.39 is 10.0 Å². The van der Waals surface area contributed by atoms with Crippen molar-refractivity contribution in [2.45, 2.75) is 18.7 Å². The molecule has 128 valence electrons. The van der Waals surface area contributed by atoms with E-state index in [1.54, 1.807) is 24.3 Å². The SMILES string of the molecule is Cc1ccc(SCC(=O)c2ccc(N(C)S(C)(=O)=O)cc2)c(C)c1. The number of ketones is 1. The molecule has 0 fully saturated rings. The van der Waals surface area contributed by atoms with E-state index in [0.717, 1.165) is 16.7 Å². The largest absolute Gasteiger partial charge is 0.293 e. The van der Waals surface area contributed by atoms with Crippen LogP contribution in [0.3, 0.4) is 0 Å². The maximum absolute atomic E-state index is 12.3. The first kappa shape index (κ1) is 18.5. The number of thioether (sulfide) groups is 1. The standard InChI is InChI=1S/C18H21NO3S2/c1-13-5-10-18(14(2)11-13)23-12-17(20)15-6-8-16(9-7-15)19(3)24(4,21)22/h5-11H,12H2,1-4H3. The van der Waals surface area contributed by atoms with Crippen molar-refractivity contribution in [3.63, 3.8) is 0 Å². The van der Waals surface area contributed by atoms with Crippen molar-refractivity contribution in [1.29, 1.82) is 0 Å². The number of rotatable bonds is 6. The molecule has 0 aliphatic carbocycles. The number of nitrogens with zero attached hydrogens (tertiary/aromatic N) is 1. The quantitative estimate of drug-likeness (QED) is 0.580. The first-order valence-electron chi connectivity index (χ1n) is 7.45. The third-order valence-electron chi connectivity index (χ3n) is 3.74. The third kappa shape index (κ3) is 4.61. The molecule has 24 heavy (non-hydrogen) atoms. The second-order valence-electron chi connectivity index (χ2n) is 5.76. The van der Waals surface area contributed by atoms with Crippen molar-refractivity contribution >= 4 is 33.3 Å². The van der Waals surface area contributed by atoms with Crippen LogP contribution in [0.5, 0.6) is 0 Å². The molecule has 0 bridgehead atoms. The maximum atomic E-state index is 12.3. The zero-order valence-corrected chi connectivity index (χ0v) is 15.9. The molecule has 0 N–H and O–H groups in total. The van der Waals surface area contributed by atoms with E-state index in [-0.39, 0.29) is 5.78 Å². The Bertz CT molecular complexity index is 843. The molecule has 0 heterocycles. The summed E-state index contributed by atoms with van der Waals surface area (Å²) in [5, 5.41) is 0. The summed E-state index contributed by atoms with van der Waals surface area (Å²) in [7, 11) is -1.81. The smallest absolute Gasteiger partial charge is 0.231 e. The van der Waals surface area contributed by atoms with Crippen LogP contribution in [0.1, 0.15) is 21.5 Å². The molecule has 0 spiro atoms. The molecule has 2 rings (SSSR count). The molecule has 0 aromatic heterocycles. The monoisotopic (exact) mass is 363 g/mol. The van der Waals surface area contributed by atoms with Gasteiger partial charge in [-0.1, -0.05) is 17.7 Å². The number of benzene rings is 2. The Morgan fingerprint density at radius 1 is 1.08 bits per heavy atom. The average Bonchev–Trinajstić information content (AvgIpc) is 2.52. The summed E-state index contributed by atoms with van der Waals surface area (Å²) >= 11 is 1.52. The fraction of sp³-hybridized carbons (Fsp3) is 0.278. The van der Waals surface area contributed by atoms with E-state index in [9.17, 15) is 13.2 Å². The van der Waals surface area contributed by atoms with Gasteiger partial charge >= 0.3 is 0 Å². The molecule has 0 saturated carbocycles. The zero-order chi connectivity index (χ0) is 17.9. The number of hydrogen-bond acceptors (Lipinski definition) is 4. The second-order valence-corrected chi connectivity index (χ2v) is 8.79. The molecule has 4 nitrogen and oxygen atoms in total. The van der Waals surface area contributed by atoms with Gasteiger partial charge in [0.15, 0.2) is 5.78 Å². The first-order chi connectivity index (χ1) is 11.2. The Hall–Kier alpha value is -1.79. The van der Waals surface area contributed by atoms with Crippen LogP contribution in [-0.4, -0.2) is 33.3 Å². The highest BCUT2D eigenvalue weighted by Crippen LogP contribution is 2.24. The molecule has 0 aliphatic rings. The number of sulfonamides is 1. The van der Waals surface area contributed by atoms with Crippen LogP contribution in [-0.2, 0) is 10.0 Å². The molecule has 0 aliphatic heterocycles. The lowest BCUT2D eigenvalue weighted by Crippen LogP contribution is -2.24. The molecular formula is C18H21NO3S2. The molecular weight excluding hydrogens is 342 g/mol. The van der Waals surface area contributed by atoms with Crippen molar-refractivity contribution in [2.75, 3.05) is 23.4 Å². The summed E-state index contributed by atoms with van der Waals surface area (Å²) in [5.74, 6) is 0.374. The summed E-state index contributed by atoms with van der Waals surface area (Å²) in [6.45, 7) is 4.08. The predicted molar refractivity (Wildman–Crippen MR) is 101 cm³/mol. The Labute approximate surface area is 147 Å². The van der Waals surface area contributed by atoms with Gasteiger partial charge in [0.1, 0.15) is 0 Å². The van der Waals surface area contributed by atoms with Gasteiger partial charge in [0, 0.05) is 17.5 Å². The Balaban J connectivity index is 2.05. The van der Waals surface area contributed by atoms with Gasteiger partial charge in [0.2, 0.25) is 10.0 Å². The highest BCUT2D eigenvalue weighted by molar-refractivity contribution is 8.00. The topological polar surface area (TPSA) is 54.5 Å². The fourth-order valence-electron chi connectivity index (χ4n) is 2.24. The number of carbonyl (C=O) groups excluding carboxylic acids is 1. The Morgan fingerprint density at radius 2 is 1.71 bits per heavy atom. The summed E-state index contributed by atoms with van der Waals surface area (Å²) in [6.07, 6.45) is 1.15. The van der Waals surface area contributed by atoms with Crippen LogP contribution < -0.4 is 4.31 Å². The summed E-state index contributed by atoms with van der Waals surface area (Å²) in [4.78, 5) is 13.4. The third-order valence-corrected chi connectivity index (χ3v) is 6.12. The lowest BCUT2D eigenvalue weighted by Gasteiger charge is -2.16. The van der Waals surface area contributed by atoms with Gasteiger partial charge in [0.05, 0.1) is 17.7 Å². The van der Waals surface area contributed by atoms with Gasteiger partial charge in [-0.15, -0.1) is 11.8 Å². The number of Topliss-reactive ketones (excluding diaryl/α,β-unsaturated/α-hetero) is 1. The van der Waals surface area contributed by atoms with Crippen LogP contribution in [0.15, 0.2) is 47.4 Å². The van der Waals surface area contributed by atoms with Crippen molar-refractivity contribution < 1.29 is 13.2 Å². The predicted octanol–water partition coefficient (Wildman–Crippen LogP) is 3.67. The van der Waals surface area contributed by atoms with E-state index in [2.05, 4.69) is 6.07 Å². The van der Waals surface area contributed by atoms with Gasteiger partial charge in [-0.3, -0.25) is 9.10 Å². The minimum atomic E-state index is -3.30. The normalized spacial score (nSPS) is 11.3. The average molecular weight is 364 g/mol. The van der Waals surface area contributed by atoms with Gasteiger partial charge in [-0.05, 0) is 49.7 Å². The zero-order valence-electron chi connectivity index (χ0n) is 14.2. The first-order valence-corrected chi connectivity index (χ1v) is 10.3. The highest BCUT2D eigenvalue weighted by Gasteiger charge is 2.13. The Kier molecular flexibility index (Phi) is 5.72. The van der Waals surface area contributed by atoms with Crippen molar-refractivity contribution in [1.82, 2.24) is 0 Å². The number of anilines is 1. The van der Waals surface area contributed by atoms with Crippen LogP contribution in [0, 0.1) is 13.8 Å². The minimum Gasteiger partial charge on any atom is -0.293 e. The number of aryl methyl sites for hydroxylation is 2. The summed E-state index contributed by atoms with van der Waals surface area (Å²) in [6, 6.07) is 12.8. The maximum Gasteiger partial charge on any atom is 0.231 e. The van der Waals surface area contributed by atoms with Crippen LogP contribution in [0.2, 0.25) is 0 Å². The van der Waals surface area contributed by atoms with Crippen LogP contribution >= 0.6 is 11.8 Å². The molecule has 2 aromatic rings. The van der Waals surface area contributed by atoms with Crippen molar-refractivity contribution in [3.05, 3.63) is 59.2 Å². The fourth-order valence-corrected chi connectivity index (χ4v) is 3.65. The number of hydrogen-bond donors (Lipinski definition) is 0. The number of carbonyl (C=O) groups is 1. The molecule has 2 aromatic carbocycles. The molecule has 0 amide bonds.